The van der Waals surface area contributed by atoms with Crippen molar-refractivity contribution in [2.24, 2.45) is 5.92 Å². The van der Waals surface area contributed by atoms with Gasteiger partial charge in [-0.3, -0.25) is 4.79 Å². The van der Waals surface area contributed by atoms with Crippen molar-refractivity contribution >= 4 is 17.5 Å². The molecule has 1 aromatic carbocycles. The molecule has 0 saturated carbocycles. The number of hydrogen-bond acceptors (Lipinski definition) is 2. The maximum absolute atomic E-state index is 12.0. The van der Waals surface area contributed by atoms with Gasteiger partial charge in [-0.1, -0.05) is 19.4 Å². The Morgan fingerprint density at radius 3 is 2.84 bits per heavy atom. The molecule has 1 amide bonds. The molecule has 0 aliphatic heterocycles. The molecule has 0 aliphatic carbocycles. The number of carbonyl (C=O) groups is 1. The Morgan fingerprint density at radius 1 is 1.42 bits per heavy atom. The molecule has 1 unspecified atom stereocenters. The zero-order valence-electron chi connectivity index (χ0n) is 11.6. The molecule has 0 aromatic heterocycles. The predicted octanol–water partition coefficient (Wildman–Crippen LogP) is 3.47. The highest BCUT2D eigenvalue weighted by molar-refractivity contribution is 6.17. The minimum Gasteiger partial charge on any atom is -0.497 e. The molecule has 0 fully saturated rings. The zero-order chi connectivity index (χ0) is 14.1. The molecule has 0 heterocycles. The first kappa shape index (κ1) is 15.8. The summed E-state index contributed by atoms with van der Waals surface area (Å²) in [5.41, 5.74) is 0.625. The first-order valence-electron chi connectivity index (χ1n) is 6.69. The maximum Gasteiger partial charge on any atom is 0.251 e. The van der Waals surface area contributed by atoms with Crippen LogP contribution >= 0.6 is 11.6 Å². The lowest BCUT2D eigenvalue weighted by molar-refractivity contribution is 0.0945. The Kier molecular flexibility index (Phi) is 7.34. The van der Waals surface area contributed by atoms with Crippen molar-refractivity contribution in [3.8, 4) is 5.75 Å². The van der Waals surface area contributed by atoms with Crippen molar-refractivity contribution in [1.29, 1.82) is 0 Å². The predicted molar refractivity (Wildman–Crippen MR) is 79.1 cm³/mol. The Hall–Kier alpha value is -1.22. The van der Waals surface area contributed by atoms with E-state index < -0.39 is 0 Å². The fourth-order valence-corrected chi connectivity index (χ4v) is 2.32. The molecule has 1 atom stereocenters. The van der Waals surface area contributed by atoms with Crippen molar-refractivity contribution in [2.75, 3.05) is 19.5 Å². The monoisotopic (exact) mass is 283 g/mol. The van der Waals surface area contributed by atoms with Crippen molar-refractivity contribution in [3.05, 3.63) is 29.8 Å². The van der Waals surface area contributed by atoms with Crippen LogP contribution in [0.15, 0.2) is 24.3 Å². The van der Waals surface area contributed by atoms with Gasteiger partial charge in [0.25, 0.3) is 5.91 Å². The van der Waals surface area contributed by atoms with Gasteiger partial charge in [0.2, 0.25) is 0 Å². The molecule has 4 heteroatoms. The van der Waals surface area contributed by atoms with E-state index in [0.717, 1.165) is 19.3 Å². The summed E-state index contributed by atoms with van der Waals surface area (Å²) in [4.78, 5) is 12.0. The molecule has 106 valence electrons. The molecule has 0 radical (unpaired) electrons. The van der Waals surface area contributed by atoms with Gasteiger partial charge in [-0.15, -0.1) is 11.6 Å². The molecule has 1 aromatic rings. The van der Waals surface area contributed by atoms with Gasteiger partial charge in [0, 0.05) is 18.0 Å². The number of carbonyl (C=O) groups excluding carboxylic acids is 1. The Bertz CT molecular complexity index is 389. The number of rotatable bonds is 8. The number of amides is 1. The van der Waals surface area contributed by atoms with Crippen LogP contribution in [0.4, 0.5) is 0 Å². The van der Waals surface area contributed by atoms with E-state index in [9.17, 15) is 4.79 Å². The Labute approximate surface area is 120 Å². The summed E-state index contributed by atoms with van der Waals surface area (Å²) in [6.07, 6.45) is 3.13. The van der Waals surface area contributed by atoms with Crippen LogP contribution in [0.3, 0.4) is 0 Å². The topological polar surface area (TPSA) is 38.3 Å². The molecule has 3 nitrogen and oxygen atoms in total. The molecular formula is C15H22ClNO2. The third-order valence-electron chi connectivity index (χ3n) is 3.10. The van der Waals surface area contributed by atoms with Crippen molar-refractivity contribution in [2.45, 2.75) is 26.2 Å². The summed E-state index contributed by atoms with van der Waals surface area (Å²) in [7, 11) is 1.59. The standard InChI is InChI=1S/C15H22ClNO2/c1-3-5-12(8-9-16)11-17-15(18)13-6-4-7-14(10-13)19-2/h4,6-7,10,12H,3,5,8-9,11H2,1-2H3,(H,17,18). The lowest BCUT2D eigenvalue weighted by atomic mass is 10.0. The first-order chi connectivity index (χ1) is 9.21. The van der Waals surface area contributed by atoms with E-state index in [1.807, 2.05) is 12.1 Å². The molecule has 1 N–H and O–H groups in total. The maximum atomic E-state index is 12.0. The van der Waals surface area contributed by atoms with Crippen molar-refractivity contribution in [3.63, 3.8) is 0 Å². The van der Waals surface area contributed by atoms with E-state index >= 15 is 0 Å². The molecule has 0 bridgehead atoms. The summed E-state index contributed by atoms with van der Waals surface area (Å²) < 4.78 is 5.11. The lowest BCUT2D eigenvalue weighted by Crippen LogP contribution is -2.29. The van der Waals surface area contributed by atoms with E-state index in [2.05, 4.69) is 12.2 Å². The SMILES string of the molecule is CCCC(CCCl)CNC(=O)c1cccc(OC)c1. The number of alkyl halides is 1. The highest BCUT2D eigenvalue weighted by atomic mass is 35.5. The fraction of sp³-hybridized carbons (Fsp3) is 0.533. The molecule has 0 aliphatic rings. The van der Waals surface area contributed by atoms with Gasteiger partial charge in [-0.25, -0.2) is 0 Å². The number of hydrogen-bond donors (Lipinski definition) is 1. The number of halogens is 1. The summed E-state index contributed by atoms with van der Waals surface area (Å²) in [6.45, 7) is 2.82. The quantitative estimate of drug-likeness (QED) is 0.742. The van der Waals surface area contributed by atoms with Gasteiger partial charge in [0.1, 0.15) is 5.75 Å². The van der Waals surface area contributed by atoms with E-state index in [-0.39, 0.29) is 5.91 Å². The minimum absolute atomic E-state index is 0.0606. The zero-order valence-corrected chi connectivity index (χ0v) is 12.4. The number of methoxy groups -OCH3 is 1. The average Bonchev–Trinajstić information content (AvgIpc) is 2.45. The van der Waals surface area contributed by atoms with Gasteiger partial charge in [-0.05, 0) is 37.0 Å². The normalized spacial score (nSPS) is 11.9. The molecular weight excluding hydrogens is 262 g/mol. The first-order valence-corrected chi connectivity index (χ1v) is 7.23. The van der Waals surface area contributed by atoms with E-state index in [1.165, 1.54) is 0 Å². The summed E-state index contributed by atoms with van der Waals surface area (Å²) in [6, 6.07) is 7.17. The second kappa shape index (κ2) is 8.81. The van der Waals surface area contributed by atoms with Crippen LogP contribution < -0.4 is 10.1 Å². The van der Waals surface area contributed by atoms with E-state index in [0.29, 0.717) is 29.7 Å². The molecule has 0 spiro atoms. The second-order valence-electron chi connectivity index (χ2n) is 4.57. The van der Waals surface area contributed by atoms with Gasteiger partial charge in [-0.2, -0.15) is 0 Å². The van der Waals surface area contributed by atoms with Crippen LogP contribution in [0.25, 0.3) is 0 Å². The summed E-state index contributed by atoms with van der Waals surface area (Å²) >= 11 is 5.77. The Balaban J connectivity index is 2.53. The molecule has 0 saturated heterocycles. The van der Waals surface area contributed by atoms with E-state index in [1.54, 1.807) is 19.2 Å². The minimum atomic E-state index is -0.0606. The highest BCUT2D eigenvalue weighted by Gasteiger charge is 2.11. The van der Waals surface area contributed by atoms with Gasteiger partial charge < -0.3 is 10.1 Å². The highest BCUT2D eigenvalue weighted by Crippen LogP contribution is 2.14. The van der Waals surface area contributed by atoms with Gasteiger partial charge in [0.15, 0.2) is 0 Å². The third kappa shape index (κ3) is 5.52. The van der Waals surface area contributed by atoms with Crippen LogP contribution in [0, 0.1) is 5.92 Å². The summed E-state index contributed by atoms with van der Waals surface area (Å²) in [5.74, 6) is 1.73. The Morgan fingerprint density at radius 2 is 2.21 bits per heavy atom. The van der Waals surface area contributed by atoms with Crippen LogP contribution in [-0.2, 0) is 0 Å². The van der Waals surface area contributed by atoms with Gasteiger partial charge in [0.05, 0.1) is 7.11 Å². The van der Waals surface area contributed by atoms with Crippen LogP contribution in [0.2, 0.25) is 0 Å². The largest absolute Gasteiger partial charge is 0.497 e. The van der Waals surface area contributed by atoms with Crippen LogP contribution in [-0.4, -0.2) is 25.4 Å². The number of ether oxygens (including phenoxy) is 1. The number of nitrogens with one attached hydrogen (secondary N) is 1. The molecule has 19 heavy (non-hydrogen) atoms. The van der Waals surface area contributed by atoms with Crippen molar-refractivity contribution in [1.82, 2.24) is 5.32 Å². The van der Waals surface area contributed by atoms with Crippen LogP contribution in [0.5, 0.6) is 5.75 Å². The smallest absolute Gasteiger partial charge is 0.251 e. The second-order valence-corrected chi connectivity index (χ2v) is 4.95. The third-order valence-corrected chi connectivity index (χ3v) is 3.32. The van der Waals surface area contributed by atoms with Crippen LogP contribution in [0.1, 0.15) is 36.5 Å². The number of benzene rings is 1. The average molecular weight is 284 g/mol. The van der Waals surface area contributed by atoms with Crippen molar-refractivity contribution < 1.29 is 9.53 Å². The van der Waals surface area contributed by atoms with Gasteiger partial charge >= 0.3 is 0 Å². The molecule has 1 rings (SSSR count). The lowest BCUT2D eigenvalue weighted by Gasteiger charge is -2.15. The summed E-state index contributed by atoms with van der Waals surface area (Å²) in [5, 5.41) is 2.97. The van der Waals surface area contributed by atoms with E-state index in [4.69, 9.17) is 16.3 Å². The fourth-order valence-electron chi connectivity index (χ4n) is 2.01.